The molecule has 0 unspecified atom stereocenters. The molecule has 0 fully saturated rings. The minimum Gasteiger partial charge on any atom is -0.495 e. The van der Waals surface area contributed by atoms with Gasteiger partial charge in [0.25, 0.3) is 0 Å². The number of hydrogen-bond acceptors (Lipinski definition) is 4. The third-order valence-corrected chi connectivity index (χ3v) is 2.75. The van der Waals surface area contributed by atoms with Crippen LogP contribution in [0.2, 0.25) is 5.02 Å². The first-order chi connectivity index (χ1) is 9.92. The number of benzene rings is 1. The molecule has 0 radical (unpaired) electrons. The number of rotatable bonds is 6. The van der Waals surface area contributed by atoms with Crippen molar-refractivity contribution in [2.24, 2.45) is 0 Å². The number of ether oxygens (including phenoxy) is 1. The molecule has 0 aliphatic carbocycles. The lowest BCUT2D eigenvalue weighted by molar-refractivity contribution is -0.137. The second-order valence-corrected chi connectivity index (χ2v) is 4.51. The Morgan fingerprint density at radius 1 is 1.29 bits per heavy atom. The molecular weight excluding hydrogens is 300 g/mol. The Bertz CT molecular complexity index is 547. The highest BCUT2D eigenvalue weighted by molar-refractivity contribution is 6.32. The summed E-state index contributed by atoms with van der Waals surface area (Å²) in [4.78, 5) is 33.2. The fraction of sp³-hybridized carbons (Fsp3) is 0.308. The molecule has 0 bridgehead atoms. The third-order valence-electron chi connectivity index (χ3n) is 2.46. The van der Waals surface area contributed by atoms with Crippen LogP contribution in [0.4, 0.5) is 10.5 Å². The molecule has 114 valence electrons. The summed E-state index contributed by atoms with van der Waals surface area (Å²) in [5.41, 5.74) is 0.400. The third kappa shape index (κ3) is 6.13. The molecule has 0 spiro atoms. The molecular formula is C13H15ClN2O5. The summed E-state index contributed by atoms with van der Waals surface area (Å²) in [6.07, 6.45) is 0.00895. The number of nitrogens with one attached hydrogen (secondary N) is 2. The summed E-state index contributed by atoms with van der Waals surface area (Å²) >= 11 is 5.90. The molecule has 0 saturated carbocycles. The van der Waals surface area contributed by atoms with Crippen molar-refractivity contribution in [2.45, 2.75) is 19.3 Å². The van der Waals surface area contributed by atoms with Crippen LogP contribution in [0, 0.1) is 0 Å². The van der Waals surface area contributed by atoms with E-state index in [1.807, 2.05) is 0 Å². The van der Waals surface area contributed by atoms with Crippen molar-refractivity contribution >= 4 is 35.2 Å². The molecule has 3 N–H and O–H groups in total. The van der Waals surface area contributed by atoms with Crippen LogP contribution in [0.1, 0.15) is 19.3 Å². The van der Waals surface area contributed by atoms with E-state index in [4.69, 9.17) is 21.4 Å². The molecule has 0 aliphatic heterocycles. The average Bonchev–Trinajstić information content (AvgIpc) is 2.38. The minimum atomic E-state index is -0.986. The molecule has 0 saturated heterocycles. The molecule has 3 amide bonds. The number of methoxy groups -OCH3 is 1. The van der Waals surface area contributed by atoms with E-state index in [1.54, 1.807) is 12.1 Å². The molecule has 1 aromatic rings. The van der Waals surface area contributed by atoms with Crippen LogP contribution < -0.4 is 15.4 Å². The SMILES string of the molecule is COc1ccc(NC(=O)NC(=O)CCCC(=O)O)cc1Cl. The van der Waals surface area contributed by atoms with E-state index in [1.165, 1.54) is 13.2 Å². The lowest BCUT2D eigenvalue weighted by Crippen LogP contribution is -2.34. The number of carboxylic acids is 1. The summed E-state index contributed by atoms with van der Waals surface area (Å²) in [6.45, 7) is 0. The van der Waals surface area contributed by atoms with Crippen LogP contribution in [-0.4, -0.2) is 30.1 Å². The second-order valence-electron chi connectivity index (χ2n) is 4.10. The van der Waals surface area contributed by atoms with Gasteiger partial charge in [-0.15, -0.1) is 0 Å². The molecule has 21 heavy (non-hydrogen) atoms. The van der Waals surface area contributed by atoms with Crippen LogP contribution >= 0.6 is 11.6 Å². The number of aliphatic carboxylic acids is 1. The fourth-order valence-electron chi connectivity index (χ4n) is 1.50. The Morgan fingerprint density at radius 2 is 2.00 bits per heavy atom. The first-order valence-electron chi connectivity index (χ1n) is 6.08. The van der Waals surface area contributed by atoms with E-state index < -0.39 is 17.9 Å². The molecule has 8 heteroatoms. The van der Waals surface area contributed by atoms with Crippen LogP contribution in [0.3, 0.4) is 0 Å². The predicted molar refractivity (Wildman–Crippen MR) is 76.7 cm³/mol. The van der Waals surface area contributed by atoms with Gasteiger partial charge in [0.2, 0.25) is 5.91 Å². The number of halogens is 1. The number of carboxylic acid groups (broad SMARTS) is 1. The van der Waals surface area contributed by atoms with E-state index in [9.17, 15) is 14.4 Å². The van der Waals surface area contributed by atoms with E-state index in [0.717, 1.165) is 0 Å². The maximum absolute atomic E-state index is 11.6. The Kier molecular flexibility index (Phi) is 6.48. The highest BCUT2D eigenvalue weighted by Crippen LogP contribution is 2.27. The van der Waals surface area contributed by atoms with Gasteiger partial charge in [-0.25, -0.2) is 4.79 Å². The Morgan fingerprint density at radius 3 is 2.57 bits per heavy atom. The summed E-state index contributed by atoms with van der Waals surface area (Å²) in [5.74, 6) is -1.07. The summed E-state index contributed by atoms with van der Waals surface area (Å²) in [7, 11) is 1.47. The zero-order chi connectivity index (χ0) is 15.8. The van der Waals surface area contributed by atoms with Crippen LogP contribution in [0.25, 0.3) is 0 Å². The molecule has 0 aromatic heterocycles. The van der Waals surface area contributed by atoms with Gasteiger partial charge in [-0.05, 0) is 24.6 Å². The number of hydrogen-bond donors (Lipinski definition) is 3. The lowest BCUT2D eigenvalue weighted by Gasteiger charge is -2.08. The monoisotopic (exact) mass is 314 g/mol. The van der Waals surface area contributed by atoms with Crippen molar-refractivity contribution in [3.05, 3.63) is 23.2 Å². The number of anilines is 1. The van der Waals surface area contributed by atoms with Crippen molar-refractivity contribution in [1.82, 2.24) is 5.32 Å². The fourth-order valence-corrected chi connectivity index (χ4v) is 1.75. The van der Waals surface area contributed by atoms with Gasteiger partial charge in [0.05, 0.1) is 12.1 Å². The van der Waals surface area contributed by atoms with Gasteiger partial charge in [-0.1, -0.05) is 11.6 Å². The summed E-state index contributed by atoms with van der Waals surface area (Å²) in [6, 6.07) is 3.91. The smallest absolute Gasteiger partial charge is 0.325 e. The normalized spacial score (nSPS) is 9.81. The Labute approximate surface area is 126 Å². The van der Waals surface area contributed by atoms with Crippen molar-refractivity contribution < 1.29 is 24.2 Å². The number of carbonyl (C=O) groups is 3. The lowest BCUT2D eigenvalue weighted by atomic mass is 10.2. The highest BCUT2D eigenvalue weighted by Gasteiger charge is 2.10. The minimum absolute atomic E-state index is 0.0386. The maximum atomic E-state index is 11.6. The van der Waals surface area contributed by atoms with Crippen molar-refractivity contribution in [3.8, 4) is 5.75 Å². The predicted octanol–water partition coefficient (Wildman–Crippen LogP) is 2.25. The van der Waals surface area contributed by atoms with Crippen LogP contribution in [-0.2, 0) is 9.59 Å². The molecule has 7 nitrogen and oxygen atoms in total. The van der Waals surface area contributed by atoms with Crippen LogP contribution in [0.5, 0.6) is 5.75 Å². The van der Waals surface area contributed by atoms with Gasteiger partial charge >= 0.3 is 12.0 Å². The van der Waals surface area contributed by atoms with E-state index in [2.05, 4.69) is 10.6 Å². The topological polar surface area (TPSA) is 105 Å². The Hall–Kier alpha value is -2.28. The standard InChI is InChI=1S/C13H15ClN2O5/c1-21-10-6-5-8(7-9(10)14)15-13(20)16-11(17)3-2-4-12(18)19/h5-7H,2-4H2,1H3,(H,18,19)(H2,15,16,17,20). The molecule has 0 aliphatic rings. The first-order valence-corrected chi connectivity index (χ1v) is 6.46. The summed E-state index contributed by atoms with van der Waals surface area (Å²) < 4.78 is 4.97. The van der Waals surface area contributed by atoms with Crippen molar-refractivity contribution in [3.63, 3.8) is 0 Å². The van der Waals surface area contributed by atoms with Crippen molar-refractivity contribution in [1.29, 1.82) is 0 Å². The maximum Gasteiger partial charge on any atom is 0.325 e. The highest BCUT2D eigenvalue weighted by atomic mass is 35.5. The van der Waals surface area contributed by atoms with E-state index in [0.29, 0.717) is 16.5 Å². The number of amides is 3. The zero-order valence-electron chi connectivity index (χ0n) is 11.3. The largest absolute Gasteiger partial charge is 0.495 e. The molecule has 0 atom stereocenters. The number of carbonyl (C=O) groups excluding carboxylic acids is 2. The van der Waals surface area contributed by atoms with E-state index >= 15 is 0 Å². The van der Waals surface area contributed by atoms with Gasteiger partial charge < -0.3 is 15.2 Å². The van der Waals surface area contributed by atoms with Gasteiger partial charge in [-0.2, -0.15) is 0 Å². The van der Waals surface area contributed by atoms with Gasteiger partial charge in [0, 0.05) is 18.5 Å². The van der Waals surface area contributed by atoms with E-state index in [-0.39, 0.29) is 19.3 Å². The number of imide groups is 1. The Balaban J connectivity index is 2.44. The molecule has 1 aromatic carbocycles. The van der Waals surface area contributed by atoms with Gasteiger partial charge in [0.1, 0.15) is 5.75 Å². The van der Waals surface area contributed by atoms with Gasteiger partial charge in [0.15, 0.2) is 0 Å². The average molecular weight is 315 g/mol. The molecule has 0 heterocycles. The molecule has 1 rings (SSSR count). The van der Waals surface area contributed by atoms with Gasteiger partial charge in [-0.3, -0.25) is 14.9 Å². The number of urea groups is 1. The van der Waals surface area contributed by atoms with Crippen LogP contribution in [0.15, 0.2) is 18.2 Å². The van der Waals surface area contributed by atoms with Crippen molar-refractivity contribution in [2.75, 3.05) is 12.4 Å². The first kappa shape index (κ1) is 16.8. The second kappa shape index (κ2) is 8.11. The quantitative estimate of drug-likeness (QED) is 0.747. The summed E-state index contributed by atoms with van der Waals surface area (Å²) in [5, 5.41) is 13.3. The zero-order valence-corrected chi connectivity index (χ0v) is 12.1.